The number of carbonyl (C=O) groups is 2. The summed E-state index contributed by atoms with van der Waals surface area (Å²) < 4.78 is 30.0. The predicted octanol–water partition coefficient (Wildman–Crippen LogP) is 15.4. The second-order valence-electron chi connectivity index (χ2n) is 15.1. The summed E-state index contributed by atoms with van der Waals surface area (Å²) in [6, 6.07) is 45.4. The molecule has 2 heterocycles. The van der Waals surface area contributed by atoms with E-state index >= 15 is 0 Å². The molecule has 72 heavy (non-hydrogen) atoms. The first-order chi connectivity index (χ1) is 33.8. The molecule has 0 aliphatic rings. The first-order valence-corrected chi connectivity index (χ1v) is 26.6. The van der Waals surface area contributed by atoms with Gasteiger partial charge < -0.3 is 33.9 Å². The largest absolute Gasteiger partial charge is 0.497 e. The van der Waals surface area contributed by atoms with Gasteiger partial charge in [-0.3, -0.25) is 14.2 Å². The normalized spacial score (nSPS) is 10.2. The second kappa shape index (κ2) is 29.1. The highest BCUT2D eigenvalue weighted by molar-refractivity contribution is 8.24. The van der Waals surface area contributed by atoms with Crippen molar-refractivity contribution in [3.8, 4) is 45.5 Å². The number of H-pyrrole nitrogens is 1. The molecule has 2 aromatic heterocycles. The summed E-state index contributed by atoms with van der Waals surface area (Å²) in [5.74, 6) is 2.21. The van der Waals surface area contributed by atoms with Gasteiger partial charge in [0.05, 0.1) is 39.7 Å². The van der Waals surface area contributed by atoms with Gasteiger partial charge in [-0.15, -0.1) is 0 Å². The average molecular weight is 1080 g/mol. The van der Waals surface area contributed by atoms with Crippen LogP contribution in [0.2, 0.25) is 5.15 Å². The smallest absolute Gasteiger partial charge is 0.339 e. The van der Waals surface area contributed by atoms with E-state index in [9.17, 15) is 18.9 Å². The summed E-state index contributed by atoms with van der Waals surface area (Å²) in [5, 5.41) is 9.48. The van der Waals surface area contributed by atoms with Crippen molar-refractivity contribution in [3.05, 3.63) is 183 Å². The van der Waals surface area contributed by atoms with Crippen LogP contribution in [-0.4, -0.2) is 73.4 Å². The molecule has 0 saturated heterocycles. The molecule has 8 rings (SSSR count). The average Bonchev–Trinajstić information content (AvgIpc) is 3.36. The quantitative estimate of drug-likeness (QED) is 0.0998. The molecule has 0 fully saturated rings. The maximum atomic E-state index is 12.1. The molecule has 0 atom stereocenters. The molecule has 6 aromatic carbocycles. The van der Waals surface area contributed by atoms with Crippen molar-refractivity contribution in [3.63, 3.8) is 0 Å². The molecule has 0 saturated carbocycles. The number of pyridine rings is 2. The van der Waals surface area contributed by atoms with Crippen molar-refractivity contribution in [2.75, 3.05) is 41.5 Å². The molecule has 0 radical (unpaired) electrons. The number of methoxy groups -OCH3 is 4. The predicted molar refractivity (Wildman–Crippen MR) is 297 cm³/mol. The first-order valence-electron chi connectivity index (χ1n) is 21.8. The van der Waals surface area contributed by atoms with Gasteiger partial charge in [-0.2, -0.15) is 0 Å². The second-order valence-corrected chi connectivity index (χ2v) is 22.1. The van der Waals surface area contributed by atoms with Crippen LogP contribution in [0.25, 0.3) is 44.1 Å². The molecule has 380 valence electrons. The monoisotopic (exact) mass is 1080 g/mol. The van der Waals surface area contributed by atoms with E-state index in [1.165, 1.54) is 6.07 Å². The van der Waals surface area contributed by atoms with Crippen LogP contribution in [0, 0.1) is 13.8 Å². The van der Waals surface area contributed by atoms with E-state index in [1.807, 2.05) is 141 Å². The number of rotatable bonds is 10. The number of halogens is 4. The van der Waals surface area contributed by atoms with Crippen molar-refractivity contribution < 1.29 is 38.2 Å². The summed E-state index contributed by atoms with van der Waals surface area (Å²) in [5.41, 5.74) is 6.37. The number of aromatic carboxylic acids is 1. The SMILES string of the molecule is C.CCN(CC)C(=O)c1ccc(OC)cc1C.COc1ccc(C(=O)O)c(C)c1.COc1ccc2c(=O)[nH]c(-c3ccccc3)cc2c1.COc1ccc2c(Cl)nc(-c3ccccc3)cc2c1.O=P(Cl)(Cl)Cl. The van der Waals surface area contributed by atoms with Crippen molar-refractivity contribution in [2.24, 2.45) is 0 Å². The van der Waals surface area contributed by atoms with Crippen LogP contribution in [0.4, 0.5) is 0 Å². The first kappa shape index (κ1) is 59.8. The fraction of sp³-hybridized carbons (Fsp3) is 0.200. The number of amides is 1. The Morgan fingerprint density at radius 3 is 1.47 bits per heavy atom. The van der Waals surface area contributed by atoms with Gasteiger partial charge in [0.2, 0.25) is 0 Å². The third kappa shape index (κ3) is 17.9. The molecule has 17 heteroatoms. The molecule has 12 nitrogen and oxygen atoms in total. The zero-order chi connectivity index (χ0) is 52.3. The highest BCUT2D eigenvalue weighted by Crippen LogP contribution is 2.61. The number of carboxylic acids is 1. The highest BCUT2D eigenvalue weighted by atomic mass is 36.0. The Hall–Kier alpha value is -6.53. The van der Waals surface area contributed by atoms with E-state index in [2.05, 4.69) is 43.7 Å². The van der Waals surface area contributed by atoms with Gasteiger partial charge in [0, 0.05) is 40.7 Å². The van der Waals surface area contributed by atoms with Crippen LogP contribution < -0.4 is 24.5 Å². The van der Waals surface area contributed by atoms with Gasteiger partial charge in [0.15, 0.2) is 0 Å². The Kier molecular flexibility index (Phi) is 24.2. The number of carbonyl (C=O) groups excluding carboxylic acids is 1. The molecule has 8 aromatic rings. The van der Waals surface area contributed by atoms with Gasteiger partial charge in [0.25, 0.3) is 11.5 Å². The van der Waals surface area contributed by atoms with Gasteiger partial charge in [-0.05, 0) is 174 Å². The summed E-state index contributed by atoms with van der Waals surface area (Å²) >= 11 is 20.1. The van der Waals surface area contributed by atoms with E-state index in [0.717, 1.165) is 80.1 Å². The summed E-state index contributed by atoms with van der Waals surface area (Å²) in [4.78, 5) is 43.9. The van der Waals surface area contributed by atoms with E-state index in [4.69, 9.17) is 35.7 Å². The van der Waals surface area contributed by atoms with Gasteiger partial charge in [-0.1, -0.05) is 79.7 Å². The van der Waals surface area contributed by atoms with Crippen LogP contribution in [0.3, 0.4) is 0 Å². The maximum absolute atomic E-state index is 12.1. The molecule has 0 bridgehead atoms. The Bertz CT molecular complexity index is 3140. The maximum Gasteiger partial charge on any atom is 0.339 e. The van der Waals surface area contributed by atoms with Crippen molar-refractivity contribution in [1.82, 2.24) is 14.9 Å². The molecule has 0 unspecified atom stereocenters. The number of aromatic nitrogens is 2. The van der Waals surface area contributed by atoms with Gasteiger partial charge >= 0.3 is 11.2 Å². The van der Waals surface area contributed by atoms with E-state index < -0.39 is 11.2 Å². The number of aromatic amines is 1. The standard InChI is InChI=1S/C16H12ClNO.C16H13NO2.C13H19NO2.C9H10O3.CH4.Cl3OP/c1-19-13-7-8-14-12(9-13)10-15(18-16(14)17)11-5-3-2-4-6-11;1-19-13-7-8-14-12(9-13)10-15(17-16(14)18)11-5-3-2-4-6-11;1-5-14(6-2)13(15)12-8-7-11(16-4)9-10(12)3;1-6-5-7(12-2)3-4-8(6)9(10)11;;1-5(2,3)4/h2-10H,1H3;2-10H,1H3,(H,17,18);7-9H,5-6H2,1-4H3;3-5H,1-2H3,(H,10,11);1H4;. The molecule has 1 amide bonds. The Morgan fingerprint density at radius 2 is 1.03 bits per heavy atom. The van der Waals surface area contributed by atoms with E-state index in [-0.39, 0.29) is 18.9 Å². The Labute approximate surface area is 440 Å². The number of ether oxygens (including phenoxy) is 4. The number of benzene rings is 6. The minimum atomic E-state index is -3.22. The number of hydrogen-bond donors (Lipinski definition) is 2. The Morgan fingerprint density at radius 1 is 0.611 bits per heavy atom. The zero-order valence-electron chi connectivity index (χ0n) is 40.3. The van der Waals surface area contributed by atoms with Crippen LogP contribution in [-0.2, 0) is 4.57 Å². The Balaban J connectivity index is 0.000000248. The number of carboxylic acid groups (broad SMARTS) is 1. The number of hydrogen-bond acceptors (Lipinski definition) is 9. The van der Waals surface area contributed by atoms with Crippen molar-refractivity contribution in [2.45, 2.75) is 35.1 Å². The lowest BCUT2D eigenvalue weighted by Crippen LogP contribution is -2.30. The lowest BCUT2D eigenvalue weighted by Gasteiger charge is -2.19. The summed E-state index contributed by atoms with van der Waals surface area (Å²) in [6.45, 7) is 9.12. The van der Waals surface area contributed by atoms with Crippen LogP contribution >= 0.6 is 50.5 Å². The molecule has 2 N–H and O–H groups in total. The minimum absolute atomic E-state index is 0. The van der Waals surface area contributed by atoms with Gasteiger partial charge in [-0.25, -0.2) is 9.78 Å². The summed E-state index contributed by atoms with van der Waals surface area (Å²) in [6.07, 6.45) is 0. The molecular formula is C55H58Cl4N3O9P. The molecule has 0 aliphatic heterocycles. The number of fused-ring (bicyclic) bond motifs is 2. The minimum Gasteiger partial charge on any atom is -0.497 e. The fourth-order valence-corrected chi connectivity index (χ4v) is 7.18. The third-order valence-electron chi connectivity index (χ3n) is 10.6. The number of nitrogens with zero attached hydrogens (tertiary/aromatic N) is 2. The topological polar surface area (TPSA) is 157 Å². The highest BCUT2D eigenvalue weighted by Gasteiger charge is 2.15. The van der Waals surface area contributed by atoms with Crippen LogP contribution in [0.15, 0.2) is 150 Å². The lowest BCUT2D eigenvalue weighted by atomic mass is 10.1. The zero-order valence-corrected chi connectivity index (χ0v) is 44.3. The number of nitrogens with one attached hydrogen (secondary N) is 1. The fourth-order valence-electron chi connectivity index (χ4n) is 6.91. The molecule has 0 aliphatic carbocycles. The van der Waals surface area contributed by atoms with Crippen molar-refractivity contribution in [1.29, 1.82) is 0 Å². The van der Waals surface area contributed by atoms with Crippen LogP contribution in [0.1, 0.15) is 53.1 Å². The summed E-state index contributed by atoms with van der Waals surface area (Å²) in [7, 11) is 6.45. The van der Waals surface area contributed by atoms with E-state index in [1.54, 1.807) is 59.6 Å². The number of aryl methyl sites for hydroxylation is 2. The lowest BCUT2D eigenvalue weighted by molar-refractivity contribution is 0.0695. The van der Waals surface area contributed by atoms with Crippen molar-refractivity contribution >= 4 is 83.9 Å². The van der Waals surface area contributed by atoms with Crippen LogP contribution in [0.5, 0.6) is 23.0 Å². The molecular weight excluding hydrogens is 1020 g/mol. The van der Waals surface area contributed by atoms with E-state index in [0.29, 0.717) is 27.4 Å². The van der Waals surface area contributed by atoms with Gasteiger partial charge in [0.1, 0.15) is 28.2 Å². The third-order valence-corrected chi connectivity index (χ3v) is 10.9. The molecule has 0 spiro atoms.